The lowest BCUT2D eigenvalue weighted by Gasteiger charge is -2.09. The van der Waals surface area contributed by atoms with Crippen LogP contribution in [0.2, 0.25) is 0 Å². The Balaban J connectivity index is 1.78. The second-order valence-corrected chi connectivity index (χ2v) is 5.57. The van der Waals surface area contributed by atoms with Crippen molar-refractivity contribution in [2.24, 2.45) is 0 Å². The molecule has 0 aliphatic heterocycles. The number of nitrogens with one attached hydrogen (secondary N) is 2. The van der Waals surface area contributed by atoms with Gasteiger partial charge in [0, 0.05) is 11.9 Å². The largest absolute Gasteiger partial charge is 0.465 e. The first kappa shape index (κ1) is 18.5. The summed E-state index contributed by atoms with van der Waals surface area (Å²) >= 11 is 0. The second kappa shape index (κ2) is 8.42. The lowest BCUT2D eigenvalue weighted by Crippen LogP contribution is -2.15. The number of hydrogen-bond donors (Lipinski definition) is 2. The van der Waals surface area contributed by atoms with Gasteiger partial charge in [-0.15, -0.1) is 0 Å². The molecule has 0 saturated carbocycles. The SMILES string of the molecule is COC(=O)c1cccc(NC(=O)c2ccnc(Nc3ccccc3C#N)n2)c1. The zero-order valence-electron chi connectivity index (χ0n) is 14.8. The normalized spacial score (nSPS) is 9.86. The van der Waals surface area contributed by atoms with Crippen molar-refractivity contribution in [2.75, 3.05) is 17.7 Å². The number of rotatable bonds is 5. The van der Waals surface area contributed by atoms with Crippen LogP contribution in [0.5, 0.6) is 0 Å². The number of ether oxygens (including phenoxy) is 1. The molecule has 8 heteroatoms. The summed E-state index contributed by atoms with van der Waals surface area (Å²) in [5.74, 6) is -0.791. The maximum absolute atomic E-state index is 12.5. The van der Waals surface area contributed by atoms with Gasteiger partial charge in [0.1, 0.15) is 11.8 Å². The number of anilines is 3. The van der Waals surface area contributed by atoms with E-state index in [0.29, 0.717) is 22.5 Å². The quantitative estimate of drug-likeness (QED) is 0.660. The standard InChI is InChI=1S/C20H15N5O3/c1-28-19(27)13-6-4-7-15(11-13)23-18(26)17-9-10-22-20(25-17)24-16-8-3-2-5-14(16)12-21/h2-11H,1H3,(H,23,26)(H,22,24,25). The van der Waals surface area contributed by atoms with E-state index in [1.807, 2.05) is 0 Å². The second-order valence-electron chi connectivity index (χ2n) is 5.57. The van der Waals surface area contributed by atoms with E-state index in [1.54, 1.807) is 42.5 Å². The van der Waals surface area contributed by atoms with Crippen LogP contribution in [-0.2, 0) is 4.74 Å². The topological polar surface area (TPSA) is 117 Å². The molecular weight excluding hydrogens is 358 g/mol. The van der Waals surface area contributed by atoms with E-state index < -0.39 is 11.9 Å². The highest BCUT2D eigenvalue weighted by Gasteiger charge is 2.12. The zero-order chi connectivity index (χ0) is 19.9. The Kier molecular flexibility index (Phi) is 5.58. The van der Waals surface area contributed by atoms with Crippen LogP contribution in [0.15, 0.2) is 60.8 Å². The van der Waals surface area contributed by atoms with Crippen molar-refractivity contribution < 1.29 is 14.3 Å². The summed E-state index contributed by atoms with van der Waals surface area (Å²) in [5, 5.41) is 14.8. The van der Waals surface area contributed by atoms with Crippen molar-refractivity contribution >= 4 is 29.2 Å². The molecule has 1 aromatic heterocycles. The molecule has 0 spiro atoms. The maximum Gasteiger partial charge on any atom is 0.337 e. The Morgan fingerprint density at radius 1 is 1.11 bits per heavy atom. The Labute approximate surface area is 160 Å². The number of carbonyl (C=O) groups excluding carboxylic acids is 2. The summed E-state index contributed by atoms with van der Waals surface area (Å²) in [5.41, 5.74) is 1.83. The summed E-state index contributed by atoms with van der Waals surface area (Å²) in [7, 11) is 1.29. The number of benzene rings is 2. The molecule has 1 heterocycles. The molecule has 1 amide bonds. The van der Waals surface area contributed by atoms with E-state index in [4.69, 9.17) is 5.26 Å². The molecule has 8 nitrogen and oxygen atoms in total. The Bertz CT molecular complexity index is 1080. The Morgan fingerprint density at radius 2 is 1.93 bits per heavy atom. The lowest BCUT2D eigenvalue weighted by molar-refractivity contribution is 0.0600. The first-order valence-electron chi connectivity index (χ1n) is 8.19. The van der Waals surface area contributed by atoms with Crippen molar-refractivity contribution in [3.63, 3.8) is 0 Å². The molecule has 0 atom stereocenters. The van der Waals surface area contributed by atoms with Gasteiger partial charge in [-0.2, -0.15) is 5.26 Å². The maximum atomic E-state index is 12.5. The van der Waals surface area contributed by atoms with Gasteiger partial charge in [-0.25, -0.2) is 14.8 Å². The highest BCUT2D eigenvalue weighted by atomic mass is 16.5. The van der Waals surface area contributed by atoms with Crippen molar-refractivity contribution in [2.45, 2.75) is 0 Å². The molecule has 0 unspecified atom stereocenters. The van der Waals surface area contributed by atoms with Gasteiger partial charge in [0.2, 0.25) is 5.95 Å². The minimum atomic E-state index is -0.499. The third kappa shape index (κ3) is 4.28. The van der Waals surface area contributed by atoms with Gasteiger partial charge in [-0.1, -0.05) is 18.2 Å². The van der Waals surface area contributed by atoms with Crippen LogP contribution < -0.4 is 10.6 Å². The van der Waals surface area contributed by atoms with Gasteiger partial charge >= 0.3 is 5.97 Å². The molecule has 0 fully saturated rings. The van der Waals surface area contributed by atoms with E-state index >= 15 is 0 Å². The molecule has 0 saturated heterocycles. The van der Waals surface area contributed by atoms with Gasteiger partial charge in [0.25, 0.3) is 5.91 Å². The van der Waals surface area contributed by atoms with Gasteiger partial charge in [0.15, 0.2) is 0 Å². The molecule has 0 aliphatic carbocycles. The molecule has 0 bridgehead atoms. The third-order valence-corrected chi connectivity index (χ3v) is 3.72. The van der Waals surface area contributed by atoms with Gasteiger partial charge in [-0.3, -0.25) is 4.79 Å². The summed E-state index contributed by atoms with van der Waals surface area (Å²) in [6.45, 7) is 0. The number of aromatic nitrogens is 2. The average molecular weight is 373 g/mol. The fourth-order valence-electron chi connectivity index (χ4n) is 2.39. The summed E-state index contributed by atoms with van der Waals surface area (Å²) in [4.78, 5) is 32.4. The number of methoxy groups -OCH3 is 1. The van der Waals surface area contributed by atoms with Crippen molar-refractivity contribution in [1.82, 2.24) is 9.97 Å². The monoisotopic (exact) mass is 373 g/mol. The number of amides is 1. The van der Waals surface area contributed by atoms with Crippen LogP contribution >= 0.6 is 0 Å². The van der Waals surface area contributed by atoms with Crippen LogP contribution in [-0.4, -0.2) is 29.0 Å². The van der Waals surface area contributed by atoms with E-state index in [1.165, 1.54) is 25.4 Å². The highest BCUT2D eigenvalue weighted by Crippen LogP contribution is 2.18. The summed E-state index contributed by atoms with van der Waals surface area (Å²) in [6, 6.07) is 16.8. The first-order chi connectivity index (χ1) is 13.6. The predicted octanol–water partition coefficient (Wildman–Crippen LogP) is 3.13. The number of esters is 1. The molecule has 3 rings (SSSR count). The number of para-hydroxylation sites is 1. The third-order valence-electron chi connectivity index (χ3n) is 3.72. The van der Waals surface area contributed by atoms with Crippen LogP contribution in [0.25, 0.3) is 0 Å². The number of nitriles is 1. The highest BCUT2D eigenvalue weighted by molar-refractivity contribution is 6.03. The van der Waals surface area contributed by atoms with Crippen molar-refractivity contribution in [3.8, 4) is 6.07 Å². The molecule has 28 heavy (non-hydrogen) atoms. The minimum Gasteiger partial charge on any atom is -0.465 e. The number of hydrogen-bond acceptors (Lipinski definition) is 7. The van der Waals surface area contributed by atoms with Crippen molar-refractivity contribution in [1.29, 1.82) is 5.26 Å². The lowest BCUT2D eigenvalue weighted by atomic mass is 10.2. The van der Waals surface area contributed by atoms with Crippen LogP contribution in [0.4, 0.5) is 17.3 Å². The van der Waals surface area contributed by atoms with Crippen LogP contribution in [0.3, 0.4) is 0 Å². The van der Waals surface area contributed by atoms with Crippen LogP contribution in [0.1, 0.15) is 26.4 Å². The van der Waals surface area contributed by atoms with Crippen LogP contribution in [0, 0.1) is 11.3 Å². The number of carbonyl (C=O) groups is 2. The van der Waals surface area contributed by atoms with E-state index in [-0.39, 0.29) is 11.6 Å². The molecular formula is C20H15N5O3. The van der Waals surface area contributed by atoms with Gasteiger partial charge in [-0.05, 0) is 36.4 Å². The molecule has 0 aliphatic rings. The van der Waals surface area contributed by atoms with E-state index in [2.05, 4.69) is 31.4 Å². The van der Waals surface area contributed by atoms with E-state index in [9.17, 15) is 9.59 Å². The average Bonchev–Trinajstić information content (AvgIpc) is 2.74. The van der Waals surface area contributed by atoms with E-state index in [0.717, 1.165) is 0 Å². The summed E-state index contributed by atoms with van der Waals surface area (Å²) < 4.78 is 4.67. The fourth-order valence-corrected chi connectivity index (χ4v) is 2.39. The molecule has 138 valence electrons. The van der Waals surface area contributed by atoms with Gasteiger partial charge in [0.05, 0.1) is 23.9 Å². The van der Waals surface area contributed by atoms with Crippen molar-refractivity contribution in [3.05, 3.63) is 77.6 Å². The first-order valence-corrected chi connectivity index (χ1v) is 8.19. The Morgan fingerprint density at radius 3 is 2.71 bits per heavy atom. The smallest absolute Gasteiger partial charge is 0.337 e. The molecule has 2 aromatic carbocycles. The van der Waals surface area contributed by atoms with Gasteiger partial charge < -0.3 is 15.4 Å². The fraction of sp³-hybridized carbons (Fsp3) is 0.0500. The minimum absolute atomic E-state index is 0.121. The summed E-state index contributed by atoms with van der Waals surface area (Å²) in [6.07, 6.45) is 1.43. The number of nitrogens with zero attached hydrogens (tertiary/aromatic N) is 3. The molecule has 2 N–H and O–H groups in total. The molecule has 3 aromatic rings. The molecule has 0 radical (unpaired) electrons. The predicted molar refractivity (Wildman–Crippen MR) is 102 cm³/mol. The Hall–Kier alpha value is -4.25. The zero-order valence-corrected chi connectivity index (χ0v) is 14.8.